The molecule has 0 aromatic heterocycles. The first-order valence-corrected chi connectivity index (χ1v) is 19.7. The zero-order valence-corrected chi connectivity index (χ0v) is 30.1. The summed E-state index contributed by atoms with van der Waals surface area (Å²) in [6.07, 6.45) is 41.4. The monoisotopic (exact) mass is 637 g/mol. The highest BCUT2D eigenvalue weighted by molar-refractivity contribution is 5.70. The summed E-state index contributed by atoms with van der Waals surface area (Å²) >= 11 is 0. The highest BCUT2D eigenvalue weighted by Gasteiger charge is 2.16. The van der Waals surface area contributed by atoms with Crippen LogP contribution in [0.1, 0.15) is 213 Å². The van der Waals surface area contributed by atoms with Gasteiger partial charge in [-0.25, -0.2) is 0 Å². The molecule has 0 spiro atoms. The van der Waals surface area contributed by atoms with Crippen LogP contribution < -0.4 is 0 Å². The molecule has 0 amide bonds. The molecule has 0 radical (unpaired) electrons. The van der Waals surface area contributed by atoms with Crippen LogP contribution in [-0.4, -0.2) is 36.4 Å². The molecular formula is C40H76O5. The summed E-state index contributed by atoms with van der Waals surface area (Å²) in [7, 11) is 0. The molecule has 0 aliphatic rings. The Morgan fingerprint density at radius 3 is 1.27 bits per heavy atom. The van der Waals surface area contributed by atoms with Gasteiger partial charge in [0.05, 0.1) is 6.61 Å². The van der Waals surface area contributed by atoms with Crippen molar-refractivity contribution in [3.05, 3.63) is 12.2 Å². The third-order valence-electron chi connectivity index (χ3n) is 8.81. The fraction of sp³-hybridized carbons (Fsp3) is 0.900. The summed E-state index contributed by atoms with van der Waals surface area (Å²) in [4.78, 5) is 24.2. The summed E-state index contributed by atoms with van der Waals surface area (Å²) in [5, 5.41) is 9.52. The molecule has 0 aromatic carbocycles. The Hall–Kier alpha value is -1.36. The fourth-order valence-electron chi connectivity index (χ4n) is 5.77. The van der Waals surface area contributed by atoms with E-state index in [4.69, 9.17) is 9.47 Å². The van der Waals surface area contributed by atoms with Gasteiger partial charge in [0, 0.05) is 12.8 Å². The maximum absolute atomic E-state index is 12.1. The van der Waals surface area contributed by atoms with Gasteiger partial charge in [-0.15, -0.1) is 0 Å². The van der Waals surface area contributed by atoms with Gasteiger partial charge in [-0.2, -0.15) is 0 Å². The molecule has 0 rings (SSSR count). The molecule has 0 unspecified atom stereocenters. The van der Waals surface area contributed by atoms with Crippen LogP contribution in [-0.2, 0) is 19.1 Å². The van der Waals surface area contributed by atoms with Gasteiger partial charge in [0.15, 0.2) is 6.10 Å². The van der Waals surface area contributed by atoms with Crippen molar-refractivity contribution >= 4 is 11.9 Å². The van der Waals surface area contributed by atoms with Crippen molar-refractivity contribution in [2.24, 2.45) is 0 Å². The Labute approximate surface area is 280 Å². The van der Waals surface area contributed by atoms with Crippen LogP contribution >= 0.6 is 0 Å². The molecular weight excluding hydrogens is 560 g/mol. The first-order chi connectivity index (χ1) is 22.1. The molecule has 0 aliphatic carbocycles. The van der Waals surface area contributed by atoms with E-state index in [0.29, 0.717) is 12.8 Å². The average Bonchev–Trinajstić information content (AvgIpc) is 3.04. The summed E-state index contributed by atoms with van der Waals surface area (Å²) < 4.78 is 10.6. The molecule has 0 bridgehead atoms. The number of hydrogen-bond donors (Lipinski definition) is 1. The van der Waals surface area contributed by atoms with Crippen molar-refractivity contribution in [2.75, 3.05) is 13.2 Å². The van der Waals surface area contributed by atoms with Crippen molar-refractivity contribution in [1.82, 2.24) is 0 Å². The number of allylic oxidation sites excluding steroid dienone is 2. The van der Waals surface area contributed by atoms with Gasteiger partial charge in [-0.3, -0.25) is 9.59 Å². The van der Waals surface area contributed by atoms with Gasteiger partial charge in [-0.05, 0) is 32.1 Å². The van der Waals surface area contributed by atoms with Crippen molar-refractivity contribution in [3.8, 4) is 0 Å². The van der Waals surface area contributed by atoms with Crippen LogP contribution in [0, 0.1) is 0 Å². The predicted molar refractivity (Wildman–Crippen MR) is 192 cm³/mol. The normalized spacial score (nSPS) is 12.2. The number of rotatable bonds is 36. The second-order valence-corrected chi connectivity index (χ2v) is 13.4. The van der Waals surface area contributed by atoms with E-state index in [1.165, 1.54) is 148 Å². The van der Waals surface area contributed by atoms with E-state index >= 15 is 0 Å². The summed E-state index contributed by atoms with van der Waals surface area (Å²) in [6.45, 7) is 4.11. The molecule has 45 heavy (non-hydrogen) atoms. The third kappa shape index (κ3) is 35.3. The molecule has 0 fully saturated rings. The van der Waals surface area contributed by atoms with Crippen molar-refractivity contribution in [2.45, 2.75) is 219 Å². The van der Waals surface area contributed by atoms with Crippen molar-refractivity contribution in [3.63, 3.8) is 0 Å². The lowest BCUT2D eigenvalue weighted by atomic mass is 10.0. The van der Waals surface area contributed by atoms with Gasteiger partial charge in [0.1, 0.15) is 6.61 Å². The molecule has 0 saturated carbocycles. The lowest BCUT2D eigenvalue weighted by molar-refractivity contribution is -0.161. The van der Waals surface area contributed by atoms with E-state index in [9.17, 15) is 14.7 Å². The maximum Gasteiger partial charge on any atom is 0.306 e. The summed E-state index contributed by atoms with van der Waals surface area (Å²) in [5.74, 6) is -0.592. The Bertz CT molecular complexity index is 647. The lowest BCUT2D eigenvalue weighted by Crippen LogP contribution is -2.28. The van der Waals surface area contributed by atoms with E-state index in [1.54, 1.807) is 0 Å². The fourth-order valence-corrected chi connectivity index (χ4v) is 5.77. The van der Waals surface area contributed by atoms with Crippen LogP contribution in [0.15, 0.2) is 12.2 Å². The number of carbonyl (C=O) groups is 2. The molecule has 266 valence electrons. The largest absolute Gasteiger partial charge is 0.462 e. The summed E-state index contributed by atoms with van der Waals surface area (Å²) in [6, 6.07) is 0. The average molecular weight is 637 g/mol. The predicted octanol–water partition coefficient (Wildman–Crippen LogP) is 12.1. The van der Waals surface area contributed by atoms with Crippen LogP contribution in [0.2, 0.25) is 0 Å². The van der Waals surface area contributed by atoms with E-state index in [2.05, 4.69) is 26.0 Å². The number of aliphatic hydroxyl groups excluding tert-OH is 1. The first-order valence-electron chi connectivity index (χ1n) is 19.7. The van der Waals surface area contributed by atoms with Gasteiger partial charge in [0.2, 0.25) is 0 Å². The minimum atomic E-state index is -0.768. The van der Waals surface area contributed by atoms with E-state index in [0.717, 1.165) is 38.5 Å². The van der Waals surface area contributed by atoms with E-state index in [1.807, 2.05) is 0 Å². The first kappa shape index (κ1) is 43.6. The number of esters is 2. The highest BCUT2D eigenvalue weighted by atomic mass is 16.6. The van der Waals surface area contributed by atoms with Gasteiger partial charge in [0.25, 0.3) is 0 Å². The second-order valence-electron chi connectivity index (χ2n) is 13.4. The van der Waals surface area contributed by atoms with Crippen LogP contribution in [0.3, 0.4) is 0 Å². The van der Waals surface area contributed by atoms with Gasteiger partial charge in [-0.1, -0.05) is 180 Å². The number of aliphatic hydroxyl groups is 1. The minimum absolute atomic E-state index is 0.0635. The Kier molecular flexibility index (Phi) is 36.0. The molecule has 1 atom stereocenters. The molecule has 0 saturated heterocycles. The molecule has 0 aromatic rings. The van der Waals surface area contributed by atoms with Crippen LogP contribution in [0.4, 0.5) is 0 Å². The topological polar surface area (TPSA) is 72.8 Å². The van der Waals surface area contributed by atoms with E-state index < -0.39 is 6.10 Å². The van der Waals surface area contributed by atoms with Gasteiger partial charge >= 0.3 is 11.9 Å². The minimum Gasteiger partial charge on any atom is -0.462 e. The molecule has 0 aliphatic heterocycles. The highest BCUT2D eigenvalue weighted by Crippen LogP contribution is 2.15. The summed E-state index contributed by atoms with van der Waals surface area (Å²) in [5.41, 5.74) is 0. The SMILES string of the molecule is CCCC/C=C/CCCCCCCC(=O)O[C@@H](CO)COC(=O)CCCCCCCCCCCCCCCCCCCCCC. The smallest absolute Gasteiger partial charge is 0.306 e. The van der Waals surface area contributed by atoms with Gasteiger partial charge < -0.3 is 14.6 Å². The molecule has 1 N–H and O–H groups in total. The molecule has 0 heterocycles. The van der Waals surface area contributed by atoms with Crippen LogP contribution in [0.5, 0.6) is 0 Å². The van der Waals surface area contributed by atoms with Crippen LogP contribution in [0.25, 0.3) is 0 Å². The second kappa shape index (κ2) is 37.1. The Morgan fingerprint density at radius 2 is 0.844 bits per heavy atom. The Morgan fingerprint density at radius 1 is 0.489 bits per heavy atom. The van der Waals surface area contributed by atoms with Crippen molar-refractivity contribution < 1.29 is 24.2 Å². The number of ether oxygens (including phenoxy) is 2. The number of hydrogen-bond acceptors (Lipinski definition) is 5. The number of carbonyl (C=O) groups excluding carboxylic acids is 2. The maximum atomic E-state index is 12.1. The zero-order valence-electron chi connectivity index (χ0n) is 30.1. The molecule has 5 heteroatoms. The number of unbranched alkanes of at least 4 members (excludes halogenated alkanes) is 26. The third-order valence-corrected chi connectivity index (χ3v) is 8.81. The Balaban J connectivity index is 3.47. The lowest BCUT2D eigenvalue weighted by Gasteiger charge is -2.15. The van der Waals surface area contributed by atoms with E-state index in [-0.39, 0.29) is 25.2 Å². The zero-order chi connectivity index (χ0) is 32.9. The standard InChI is InChI=1S/C40H76O5/c1-3-5-7-9-11-13-15-16-17-18-19-20-21-22-23-25-26-28-30-32-34-39(42)44-37-38(36-41)45-40(43)35-33-31-29-27-24-14-12-10-8-6-4-2/h10,12,38,41H,3-9,11,13-37H2,1-2H3/b12-10+/t38-/m0/s1. The van der Waals surface area contributed by atoms with Crippen molar-refractivity contribution in [1.29, 1.82) is 0 Å². The molecule has 5 nitrogen and oxygen atoms in total. The quantitative estimate of drug-likeness (QED) is 0.0421.